The third-order valence-corrected chi connectivity index (χ3v) is 6.33. The van der Waals surface area contributed by atoms with Gasteiger partial charge in [0.15, 0.2) is 0 Å². The van der Waals surface area contributed by atoms with E-state index in [9.17, 15) is 9.59 Å². The van der Waals surface area contributed by atoms with Crippen LogP contribution in [0.4, 0.5) is 4.79 Å². The molecule has 0 radical (unpaired) electrons. The number of rotatable bonds is 7. The largest absolute Gasteiger partial charge is 0.449 e. The van der Waals surface area contributed by atoms with Gasteiger partial charge in [0.05, 0.1) is 6.61 Å². The Morgan fingerprint density at radius 3 is 2.18 bits per heavy atom. The van der Waals surface area contributed by atoms with Crippen LogP contribution in [0.15, 0.2) is 0 Å². The van der Waals surface area contributed by atoms with Crippen LogP contribution < -0.4 is 10.6 Å². The summed E-state index contributed by atoms with van der Waals surface area (Å²) in [5.41, 5.74) is 0.0820. The number of carbonyl (C=O) groups excluding carboxylic acids is 2. The summed E-state index contributed by atoms with van der Waals surface area (Å²) in [5, 5.41) is 6.05. The van der Waals surface area contributed by atoms with Gasteiger partial charge in [0.25, 0.3) is 0 Å². The summed E-state index contributed by atoms with van der Waals surface area (Å²) >= 11 is 0. The maximum Gasteiger partial charge on any atom is 0.407 e. The van der Waals surface area contributed by atoms with Gasteiger partial charge in [-0.05, 0) is 67.6 Å². The van der Waals surface area contributed by atoms with Crippen LogP contribution in [0.5, 0.6) is 0 Å². The molecule has 2 amide bonds. The van der Waals surface area contributed by atoms with Crippen LogP contribution in [-0.4, -0.2) is 44.9 Å². The molecule has 162 valence electrons. The van der Waals surface area contributed by atoms with Gasteiger partial charge in [-0.2, -0.15) is 0 Å². The average molecular weight is 397 g/mol. The van der Waals surface area contributed by atoms with Crippen molar-refractivity contribution < 1.29 is 19.1 Å². The molecule has 2 N–H and O–H groups in total. The number of carbonyl (C=O) groups is 2. The molecule has 0 saturated heterocycles. The minimum atomic E-state index is -0.320. The van der Waals surface area contributed by atoms with Crippen molar-refractivity contribution in [2.45, 2.75) is 78.7 Å². The van der Waals surface area contributed by atoms with Crippen LogP contribution in [0.1, 0.15) is 72.6 Å². The lowest BCUT2D eigenvalue weighted by atomic mass is 9.62. The predicted octanol–water partition coefficient (Wildman–Crippen LogP) is 3.89. The third-order valence-electron chi connectivity index (χ3n) is 6.33. The van der Waals surface area contributed by atoms with E-state index in [2.05, 4.69) is 31.4 Å². The summed E-state index contributed by atoms with van der Waals surface area (Å²) in [5.74, 6) is 1.13. The quantitative estimate of drug-likeness (QED) is 0.684. The normalized spacial score (nSPS) is 32.4. The minimum Gasteiger partial charge on any atom is -0.449 e. The molecule has 2 aliphatic carbocycles. The Labute approximate surface area is 170 Å². The zero-order valence-corrected chi connectivity index (χ0v) is 18.4. The Bertz CT molecular complexity index is 529. The molecule has 0 aliphatic heterocycles. The van der Waals surface area contributed by atoms with Gasteiger partial charge in [-0.25, -0.2) is 4.79 Å². The number of ether oxygens (including phenoxy) is 2. The second-order valence-corrected chi connectivity index (χ2v) is 10.3. The van der Waals surface area contributed by atoms with Gasteiger partial charge < -0.3 is 20.1 Å². The molecule has 2 atom stereocenters. The van der Waals surface area contributed by atoms with E-state index in [1.165, 1.54) is 0 Å². The van der Waals surface area contributed by atoms with E-state index in [4.69, 9.17) is 9.47 Å². The zero-order chi connectivity index (χ0) is 20.8. The number of hydrogen-bond donors (Lipinski definition) is 2. The number of methoxy groups -OCH3 is 1. The fourth-order valence-electron chi connectivity index (χ4n) is 5.49. The molecule has 2 aliphatic rings. The van der Waals surface area contributed by atoms with Crippen LogP contribution in [0.25, 0.3) is 0 Å². The average Bonchev–Trinajstić information content (AvgIpc) is 2.57. The molecule has 0 aromatic heterocycles. The van der Waals surface area contributed by atoms with Gasteiger partial charge >= 0.3 is 6.09 Å². The van der Waals surface area contributed by atoms with E-state index in [1.807, 2.05) is 0 Å². The van der Waals surface area contributed by atoms with E-state index in [0.717, 1.165) is 51.6 Å². The highest BCUT2D eigenvalue weighted by Crippen LogP contribution is 2.45. The van der Waals surface area contributed by atoms with E-state index in [1.54, 1.807) is 14.0 Å². The number of amides is 2. The lowest BCUT2D eigenvalue weighted by Crippen LogP contribution is -2.50. The van der Waals surface area contributed by atoms with Gasteiger partial charge in [-0.15, -0.1) is 0 Å². The summed E-state index contributed by atoms with van der Waals surface area (Å²) in [4.78, 5) is 23.7. The van der Waals surface area contributed by atoms with Crippen molar-refractivity contribution in [3.05, 3.63) is 0 Å². The molecule has 2 fully saturated rings. The molecule has 0 spiro atoms. The molecule has 6 heteroatoms. The first-order valence-electron chi connectivity index (χ1n) is 10.8. The molecule has 0 aromatic rings. The standard InChI is InChI=1S/C22H40N2O4/c1-16(25)24-19-10-21(2,3)14-22(4,11-19)15-23-20(26)28-13-18-8-6-17(7-9-18)12-27-5/h17-19H,6-15H2,1-5H3,(H,23,26)(H,24,25). The van der Waals surface area contributed by atoms with E-state index in [-0.39, 0.29) is 28.9 Å². The van der Waals surface area contributed by atoms with Gasteiger partial charge in [-0.3, -0.25) is 4.79 Å². The van der Waals surface area contributed by atoms with Crippen molar-refractivity contribution in [2.75, 3.05) is 26.9 Å². The van der Waals surface area contributed by atoms with Gasteiger partial charge in [0.1, 0.15) is 0 Å². The van der Waals surface area contributed by atoms with E-state index in [0.29, 0.717) is 25.0 Å². The molecule has 28 heavy (non-hydrogen) atoms. The topological polar surface area (TPSA) is 76.7 Å². The Kier molecular flexibility index (Phi) is 8.17. The second-order valence-electron chi connectivity index (χ2n) is 10.3. The minimum absolute atomic E-state index is 0.0117. The van der Waals surface area contributed by atoms with E-state index >= 15 is 0 Å². The second kappa shape index (κ2) is 9.95. The van der Waals surface area contributed by atoms with Crippen molar-refractivity contribution in [1.29, 1.82) is 0 Å². The molecule has 0 aromatic carbocycles. The fourth-order valence-corrected chi connectivity index (χ4v) is 5.49. The van der Waals surface area contributed by atoms with Crippen LogP contribution in [-0.2, 0) is 14.3 Å². The van der Waals surface area contributed by atoms with E-state index < -0.39 is 0 Å². The summed E-state index contributed by atoms with van der Waals surface area (Å²) in [6, 6.07) is 0.159. The third kappa shape index (κ3) is 7.61. The highest BCUT2D eigenvalue weighted by atomic mass is 16.5. The molecular weight excluding hydrogens is 356 g/mol. The lowest BCUT2D eigenvalue weighted by molar-refractivity contribution is -0.120. The van der Waals surface area contributed by atoms with Crippen LogP contribution >= 0.6 is 0 Å². The molecule has 6 nitrogen and oxygen atoms in total. The van der Waals surface area contributed by atoms with Crippen molar-refractivity contribution in [2.24, 2.45) is 22.7 Å². The van der Waals surface area contributed by atoms with Crippen molar-refractivity contribution in [3.63, 3.8) is 0 Å². The number of nitrogens with one attached hydrogen (secondary N) is 2. The first-order valence-corrected chi connectivity index (χ1v) is 10.8. The number of alkyl carbamates (subject to hydrolysis) is 1. The summed E-state index contributed by atoms with van der Waals surface area (Å²) < 4.78 is 10.7. The maximum atomic E-state index is 12.2. The maximum absolute atomic E-state index is 12.2. The predicted molar refractivity (Wildman–Crippen MR) is 110 cm³/mol. The first-order chi connectivity index (χ1) is 13.1. The smallest absolute Gasteiger partial charge is 0.407 e. The molecule has 0 bridgehead atoms. The lowest BCUT2D eigenvalue weighted by Gasteiger charge is -2.46. The Morgan fingerprint density at radius 2 is 1.61 bits per heavy atom. The van der Waals surface area contributed by atoms with Crippen LogP contribution in [0.2, 0.25) is 0 Å². The van der Waals surface area contributed by atoms with Gasteiger partial charge in [0, 0.05) is 33.2 Å². The van der Waals surface area contributed by atoms with Crippen molar-refractivity contribution in [3.8, 4) is 0 Å². The zero-order valence-electron chi connectivity index (χ0n) is 18.4. The van der Waals surface area contributed by atoms with Crippen LogP contribution in [0, 0.1) is 22.7 Å². The highest BCUT2D eigenvalue weighted by Gasteiger charge is 2.41. The van der Waals surface area contributed by atoms with Crippen molar-refractivity contribution >= 4 is 12.0 Å². The highest BCUT2D eigenvalue weighted by molar-refractivity contribution is 5.73. The SMILES string of the molecule is COCC1CCC(COC(=O)NCC2(C)CC(NC(C)=O)CC(C)(C)C2)CC1. The summed E-state index contributed by atoms with van der Waals surface area (Å²) in [6.07, 6.45) is 7.05. The van der Waals surface area contributed by atoms with Crippen molar-refractivity contribution in [1.82, 2.24) is 10.6 Å². The molecule has 2 unspecified atom stereocenters. The molecule has 2 saturated carbocycles. The number of hydrogen-bond acceptors (Lipinski definition) is 4. The summed E-state index contributed by atoms with van der Waals surface area (Å²) in [7, 11) is 1.76. The monoisotopic (exact) mass is 396 g/mol. The summed E-state index contributed by atoms with van der Waals surface area (Å²) in [6.45, 7) is 10.1. The fraction of sp³-hybridized carbons (Fsp3) is 0.909. The Hall–Kier alpha value is -1.30. The first kappa shape index (κ1) is 23.0. The van der Waals surface area contributed by atoms with Crippen LogP contribution in [0.3, 0.4) is 0 Å². The van der Waals surface area contributed by atoms with Gasteiger partial charge in [-0.1, -0.05) is 20.8 Å². The van der Waals surface area contributed by atoms with Gasteiger partial charge in [0.2, 0.25) is 5.91 Å². The Balaban J connectivity index is 1.74. The molecule has 2 rings (SSSR count). The molecular formula is C22H40N2O4. The molecule has 0 heterocycles. The Morgan fingerprint density at radius 1 is 1.00 bits per heavy atom.